The number of ether oxygens (including phenoxy) is 2. The van der Waals surface area contributed by atoms with Gasteiger partial charge in [-0.1, -0.05) is 12.1 Å². The average Bonchev–Trinajstić information content (AvgIpc) is 3.24. The summed E-state index contributed by atoms with van der Waals surface area (Å²) in [6, 6.07) is 7.22. The molecule has 12 heteroatoms. The molecular weight excluding hydrogens is 468 g/mol. The molecule has 0 radical (unpaired) electrons. The van der Waals surface area contributed by atoms with Gasteiger partial charge in [0.05, 0.1) is 43.3 Å². The van der Waals surface area contributed by atoms with Crippen molar-refractivity contribution in [1.29, 1.82) is 0 Å². The predicted octanol–water partition coefficient (Wildman–Crippen LogP) is 5.42. The van der Waals surface area contributed by atoms with Crippen molar-refractivity contribution >= 4 is 5.91 Å². The number of nitrogens with zero attached hydrogens (tertiary/aromatic N) is 2. The van der Waals surface area contributed by atoms with Gasteiger partial charge in [-0.05, 0) is 42.8 Å². The molecule has 182 valence electrons. The van der Waals surface area contributed by atoms with Crippen LogP contribution in [0.2, 0.25) is 0 Å². The molecule has 0 spiro atoms. The first kappa shape index (κ1) is 24.9. The topological polar surface area (TPSA) is 65.4 Å². The van der Waals surface area contributed by atoms with E-state index >= 15 is 0 Å². The van der Waals surface area contributed by atoms with Gasteiger partial charge >= 0.3 is 12.4 Å². The van der Waals surface area contributed by atoms with E-state index in [1.54, 1.807) is 25.1 Å². The molecule has 3 rings (SSSR count). The van der Waals surface area contributed by atoms with Gasteiger partial charge in [-0.15, -0.1) is 0 Å². The Morgan fingerprint density at radius 1 is 0.971 bits per heavy atom. The van der Waals surface area contributed by atoms with Crippen LogP contribution in [0.3, 0.4) is 0 Å². The molecule has 1 aromatic heterocycles. The highest BCUT2D eigenvalue weighted by atomic mass is 19.4. The fourth-order valence-electron chi connectivity index (χ4n) is 3.28. The molecule has 3 aromatic rings. The van der Waals surface area contributed by atoms with Crippen LogP contribution in [0, 0.1) is 0 Å². The highest BCUT2D eigenvalue weighted by Gasteiger charge is 2.41. The molecule has 0 saturated carbocycles. The van der Waals surface area contributed by atoms with E-state index < -0.39 is 46.8 Å². The van der Waals surface area contributed by atoms with E-state index in [1.807, 2.05) is 0 Å². The number of amides is 1. The van der Waals surface area contributed by atoms with Crippen molar-refractivity contribution in [3.63, 3.8) is 0 Å². The van der Waals surface area contributed by atoms with E-state index in [-0.39, 0.29) is 4.68 Å². The average molecular weight is 487 g/mol. The maximum absolute atomic E-state index is 13.9. The van der Waals surface area contributed by atoms with Crippen LogP contribution >= 0.6 is 0 Å². The van der Waals surface area contributed by atoms with Crippen LogP contribution in [0.1, 0.15) is 40.1 Å². The lowest BCUT2D eigenvalue weighted by Gasteiger charge is -2.18. The second kappa shape index (κ2) is 9.27. The maximum Gasteiger partial charge on any atom is 0.434 e. The summed E-state index contributed by atoms with van der Waals surface area (Å²) in [6.07, 6.45) is -9.18. The minimum atomic E-state index is -5.08. The fraction of sp³-hybridized carbons (Fsp3) is 0.273. The molecule has 1 heterocycles. The summed E-state index contributed by atoms with van der Waals surface area (Å²) < 4.78 is 91.3. The number of methoxy groups -OCH3 is 2. The first-order valence-electron chi connectivity index (χ1n) is 9.72. The fourth-order valence-corrected chi connectivity index (χ4v) is 3.28. The van der Waals surface area contributed by atoms with Gasteiger partial charge in [-0.2, -0.15) is 31.4 Å². The minimum Gasteiger partial charge on any atom is -0.493 e. The second-order valence-corrected chi connectivity index (χ2v) is 7.17. The number of aromatic nitrogens is 2. The largest absolute Gasteiger partial charge is 0.493 e. The van der Waals surface area contributed by atoms with E-state index in [4.69, 9.17) is 9.47 Å². The summed E-state index contributed by atoms with van der Waals surface area (Å²) in [5.41, 5.74) is -3.46. The highest BCUT2D eigenvalue weighted by Crippen LogP contribution is 2.36. The van der Waals surface area contributed by atoms with Gasteiger partial charge in [-0.3, -0.25) is 4.79 Å². The summed E-state index contributed by atoms with van der Waals surface area (Å²) in [6.45, 7) is 1.55. The zero-order chi connectivity index (χ0) is 25.3. The van der Waals surface area contributed by atoms with Crippen LogP contribution < -0.4 is 14.8 Å². The lowest BCUT2D eigenvalue weighted by Crippen LogP contribution is -2.29. The van der Waals surface area contributed by atoms with Crippen molar-refractivity contribution in [2.75, 3.05) is 14.2 Å². The van der Waals surface area contributed by atoms with Gasteiger partial charge in [0, 0.05) is 0 Å². The summed E-state index contributed by atoms with van der Waals surface area (Å²) in [4.78, 5) is 12.7. The Morgan fingerprint density at radius 3 is 2.24 bits per heavy atom. The molecule has 0 saturated heterocycles. The Bertz CT molecular complexity index is 1190. The van der Waals surface area contributed by atoms with Gasteiger partial charge in [0.15, 0.2) is 17.2 Å². The van der Waals surface area contributed by atoms with E-state index in [2.05, 4.69) is 10.4 Å². The van der Waals surface area contributed by atoms with Gasteiger partial charge < -0.3 is 14.8 Å². The van der Waals surface area contributed by atoms with E-state index in [9.17, 15) is 31.1 Å². The second-order valence-electron chi connectivity index (χ2n) is 7.17. The molecule has 2 aromatic carbocycles. The Kier molecular flexibility index (Phi) is 6.80. The lowest BCUT2D eigenvalue weighted by atomic mass is 10.1. The third kappa shape index (κ3) is 5.10. The van der Waals surface area contributed by atoms with E-state index in [0.29, 0.717) is 29.3 Å². The number of rotatable bonds is 6. The SMILES string of the molecule is COc1ccc(C(C)NC(=O)c2cnn(-c3cccc(C(F)(F)F)c3)c2C(F)(F)F)cc1OC. The molecule has 1 N–H and O–H groups in total. The summed E-state index contributed by atoms with van der Waals surface area (Å²) in [7, 11) is 2.84. The van der Waals surface area contributed by atoms with Crippen LogP contribution in [0.4, 0.5) is 26.3 Å². The van der Waals surface area contributed by atoms with E-state index in [0.717, 1.165) is 18.2 Å². The van der Waals surface area contributed by atoms with Crippen LogP contribution in [-0.4, -0.2) is 29.9 Å². The normalized spacial score (nSPS) is 12.9. The number of nitrogens with one attached hydrogen (secondary N) is 1. The quantitative estimate of drug-likeness (QED) is 0.472. The number of benzene rings is 2. The van der Waals surface area contributed by atoms with Crippen molar-refractivity contribution in [2.45, 2.75) is 25.3 Å². The van der Waals surface area contributed by atoms with Gasteiger partial charge in [0.1, 0.15) is 0 Å². The standard InChI is InChI=1S/C22H19F6N3O3/c1-12(13-7-8-17(33-2)18(9-13)34-3)30-20(32)16-11-29-31(19(16)22(26,27)28)15-6-4-5-14(10-15)21(23,24)25/h4-12H,1-3H3,(H,30,32). The monoisotopic (exact) mass is 487 g/mol. The molecule has 34 heavy (non-hydrogen) atoms. The van der Waals surface area contributed by atoms with Crippen LogP contribution in [0.5, 0.6) is 11.5 Å². The molecule has 0 aliphatic rings. The Labute approximate surface area is 190 Å². The van der Waals surface area contributed by atoms with Gasteiger partial charge in [0.2, 0.25) is 0 Å². The maximum atomic E-state index is 13.9. The van der Waals surface area contributed by atoms with Crippen LogP contribution in [0.15, 0.2) is 48.7 Å². The highest BCUT2D eigenvalue weighted by molar-refractivity contribution is 5.95. The third-order valence-corrected chi connectivity index (χ3v) is 4.96. The van der Waals surface area contributed by atoms with Gasteiger partial charge in [-0.25, -0.2) is 4.68 Å². The first-order valence-corrected chi connectivity index (χ1v) is 9.72. The first-order chi connectivity index (χ1) is 15.9. The van der Waals surface area contributed by atoms with Crippen molar-refractivity contribution < 1.29 is 40.6 Å². The van der Waals surface area contributed by atoms with Crippen LogP contribution in [0.25, 0.3) is 5.69 Å². The molecule has 0 aliphatic heterocycles. The zero-order valence-corrected chi connectivity index (χ0v) is 18.1. The van der Waals surface area contributed by atoms with Crippen molar-refractivity contribution in [3.05, 3.63) is 71.0 Å². The van der Waals surface area contributed by atoms with Crippen molar-refractivity contribution in [1.82, 2.24) is 15.1 Å². The Balaban J connectivity index is 1.96. The third-order valence-electron chi connectivity index (χ3n) is 4.96. The Morgan fingerprint density at radius 2 is 1.65 bits per heavy atom. The summed E-state index contributed by atoms with van der Waals surface area (Å²) >= 11 is 0. The number of carbonyl (C=O) groups excluding carboxylic acids is 1. The molecule has 0 fully saturated rings. The smallest absolute Gasteiger partial charge is 0.434 e. The lowest BCUT2D eigenvalue weighted by molar-refractivity contribution is -0.143. The van der Waals surface area contributed by atoms with Crippen molar-refractivity contribution in [2.24, 2.45) is 0 Å². The summed E-state index contributed by atoms with van der Waals surface area (Å²) in [5.74, 6) is -0.325. The molecule has 1 unspecified atom stereocenters. The number of alkyl halides is 6. The van der Waals surface area contributed by atoms with Crippen molar-refractivity contribution in [3.8, 4) is 17.2 Å². The Hall–Kier alpha value is -3.70. The molecule has 6 nitrogen and oxygen atoms in total. The summed E-state index contributed by atoms with van der Waals surface area (Å²) in [5, 5.41) is 6.00. The van der Waals surface area contributed by atoms with Crippen LogP contribution in [-0.2, 0) is 12.4 Å². The zero-order valence-electron chi connectivity index (χ0n) is 18.1. The molecule has 1 atom stereocenters. The molecular formula is C22H19F6N3O3. The molecule has 0 bridgehead atoms. The number of hydrogen-bond donors (Lipinski definition) is 1. The minimum absolute atomic E-state index is 0.269. The number of halogens is 6. The molecule has 0 aliphatic carbocycles. The number of carbonyl (C=O) groups is 1. The predicted molar refractivity (Wildman–Crippen MR) is 109 cm³/mol. The van der Waals surface area contributed by atoms with Gasteiger partial charge in [0.25, 0.3) is 5.91 Å². The molecule has 1 amide bonds. The number of hydrogen-bond acceptors (Lipinski definition) is 4. The van der Waals surface area contributed by atoms with E-state index in [1.165, 1.54) is 14.2 Å².